The van der Waals surface area contributed by atoms with Crippen molar-refractivity contribution in [2.45, 2.75) is 17.1 Å². The number of amides is 1. The van der Waals surface area contributed by atoms with Crippen LogP contribution < -0.4 is 5.32 Å². The van der Waals surface area contributed by atoms with Gasteiger partial charge in [-0.1, -0.05) is 11.6 Å². The number of rotatable bonds is 4. The minimum Gasteiger partial charge on any atom is -0.346 e. The zero-order valence-corrected chi connectivity index (χ0v) is 14.8. The van der Waals surface area contributed by atoms with Gasteiger partial charge < -0.3 is 9.72 Å². The molecule has 3 rings (SSSR count). The second kappa shape index (κ2) is 6.82. The highest BCUT2D eigenvalue weighted by Gasteiger charge is 2.49. The molecule has 7 nitrogen and oxygen atoms in total. The Labute approximate surface area is 155 Å². The van der Waals surface area contributed by atoms with Gasteiger partial charge >= 0.3 is 5.51 Å². The first-order valence-electron chi connectivity index (χ1n) is 7.27. The molecule has 0 aromatic carbocycles. The Morgan fingerprint density at radius 3 is 2.67 bits per heavy atom. The van der Waals surface area contributed by atoms with Crippen LogP contribution in [-0.2, 0) is 16.4 Å². The van der Waals surface area contributed by atoms with Crippen LogP contribution in [0.2, 0.25) is 5.02 Å². The van der Waals surface area contributed by atoms with Crippen LogP contribution in [0, 0.1) is 0 Å². The van der Waals surface area contributed by atoms with Crippen molar-refractivity contribution in [3.8, 4) is 0 Å². The Kier molecular flexibility index (Phi) is 4.82. The number of hydrogen-bond donors (Lipinski definition) is 1. The number of carbonyl (C=O) groups is 1. The van der Waals surface area contributed by atoms with E-state index >= 15 is 0 Å². The lowest BCUT2D eigenvalue weighted by atomic mass is 10.2. The number of fused-ring (bicyclic) bond motifs is 1. The number of pyridine rings is 2. The zero-order chi connectivity index (χ0) is 19.8. The third kappa shape index (κ3) is 3.74. The van der Waals surface area contributed by atoms with E-state index in [4.69, 9.17) is 11.6 Å². The monoisotopic (exact) mass is 418 g/mol. The van der Waals surface area contributed by atoms with Gasteiger partial charge in [-0.3, -0.25) is 4.79 Å². The van der Waals surface area contributed by atoms with Crippen LogP contribution in [0.3, 0.4) is 0 Å². The molecule has 0 saturated heterocycles. The molecule has 3 aromatic rings. The van der Waals surface area contributed by atoms with Crippen LogP contribution in [0.15, 0.2) is 47.9 Å². The summed E-state index contributed by atoms with van der Waals surface area (Å²) in [5.74, 6) is -1.03. The highest BCUT2D eigenvalue weighted by molar-refractivity contribution is 7.92. The lowest BCUT2D eigenvalue weighted by molar-refractivity contribution is -0.0438. The van der Waals surface area contributed by atoms with Crippen molar-refractivity contribution in [1.29, 1.82) is 0 Å². The fraction of sp³-hybridized carbons (Fsp3) is 0.133. The molecule has 0 aliphatic carbocycles. The maximum Gasteiger partial charge on any atom is 0.503 e. The zero-order valence-electron chi connectivity index (χ0n) is 13.2. The molecule has 1 N–H and O–H groups in total. The van der Waals surface area contributed by atoms with Gasteiger partial charge in [-0.05, 0) is 24.3 Å². The van der Waals surface area contributed by atoms with Crippen molar-refractivity contribution in [2.75, 3.05) is 0 Å². The summed E-state index contributed by atoms with van der Waals surface area (Å²) in [7, 11) is -5.77. The number of nitrogens with one attached hydrogen (secondary N) is 1. The largest absolute Gasteiger partial charge is 0.503 e. The van der Waals surface area contributed by atoms with Crippen LogP contribution in [-0.4, -0.2) is 34.2 Å². The summed E-state index contributed by atoms with van der Waals surface area (Å²) in [5.41, 5.74) is -5.33. The van der Waals surface area contributed by atoms with Gasteiger partial charge in [-0.2, -0.15) is 13.2 Å². The van der Waals surface area contributed by atoms with E-state index in [-0.39, 0.29) is 6.54 Å². The number of halogens is 4. The first kappa shape index (κ1) is 19.1. The van der Waals surface area contributed by atoms with E-state index in [0.29, 0.717) is 16.4 Å². The molecule has 0 aliphatic heterocycles. The molecule has 0 aliphatic rings. The lowest BCUT2D eigenvalue weighted by Gasteiger charge is -2.11. The van der Waals surface area contributed by atoms with Crippen LogP contribution in [0.4, 0.5) is 13.2 Å². The molecular weight excluding hydrogens is 409 g/mol. The number of carbonyl (C=O) groups excluding carboxylic acids is 1. The van der Waals surface area contributed by atoms with Crippen LogP contribution in [0.1, 0.15) is 16.1 Å². The van der Waals surface area contributed by atoms with Crippen molar-refractivity contribution >= 4 is 33.0 Å². The molecule has 0 bridgehead atoms. The molecule has 0 saturated carbocycles. The highest BCUT2D eigenvalue weighted by Crippen LogP contribution is 2.30. The van der Waals surface area contributed by atoms with Crippen LogP contribution >= 0.6 is 11.6 Å². The molecule has 1 amide bonds. The van der Waals surface area contributed by atoms with Gasteiger partial charge in [-0.25, -0.2) is 18.4 Å². The van der Waals surface area contributed by atoms with Gasteiger partial charge in [0.2, 0.25) is 0 Å². The molecule has 142 valence electrons. The lowest BCUT2D eigenvalue weighted by Crippen LogP contribution is -2.30. The summed E-state index contributed by atoms with van der Waals surface area (Å²) in [6.45, 7) is -0.140. The summed E-state index contributed by atoms with van der Waals surface area (Å²) in [6, 6.07) is 5.38. The van der Waals surface area contributed by atoms with Gasteiger partial charge in [0.15, 0.2) is 5.03 Å². The van der Waals surface area contributed by atoms with E-state index < -0.39 is 31.8 Å². The number of alkyl halides is 3. The van der Waals surface area contributed by atoms with E-state index in [1.54, 1.807) is 28.9 Å². The van der Waals surface area contributed by atoms with Gasteiger partial charge in [0.1, 0.15) is 5.65 Å². The predicted molar refractivity (Wildman–Crippen MR) is 88.9 cm³/mol. The third-order valence-corrected chi connectivity index (χ3v) is 5.14. The van der Waals surface area contributed by atoms with Gasteiger partial charge in [-0.15, -0.1) is 0 Å². The quantitative estimate of drug-likeness (QED) is 0.703. The SMILES string of the molecule is O=C(NCc1cn2cc(Cl)ccc2n1)c1cccnc1S(=O)(=O)C(F)(F)F. The molecule has 0 atom stereocenters. The highest BCUT2D eigenvalue weighted by atomic mass is 35.5. The number of sulfone groups is 1. The molecule has 0 unspecified atom stereocenters. The first-order chi connectivity index (χ1) is 12.6. The minimum absolute atomic E-state index is 0.140. The van der Waals surface area contributed by atoms with Gasteiger partial charge in [0.05, 0.1) is 22.8 Å². The Hall–Kier alpha value is -2.66. The second-order valence-electron chi connectivity index (χ2n) is 5.33. The second-order valence-corrected chi connectivity index (χ2v) is 7.63. The molecule has 0 spiro atoms. The topological polar surface area (TPSA) is 93.4 Å². The molecule has 27 heavy (non-hydrogen) atoms. The summed E-state index contributed by atoms with van der Waals surface area (Å²) in [6.07, 6.45) is 4.02. The molecule has 0 fully saturated rings. The number of nitrogens with zero attached hydrogens (tertiary/aromatic N) is 3. The van der Waals surface area contributed by atoms with Crippen molar-refractivity contribution in [3.63, 3.8) is 0 Å². The van der Waals surface area contributed by atoms with E-state index in [9.17, 15) is 26.4 Å². The Bertz CT molecular complexity index is 1130. The Morgan fingerprint density at radius 1 is 1.22 bits per heavy atom. The fourth-order valence-electron chi connectivity index (χ4n) is 2.26. The van der Waals surface area contributed by atoms with E-state index in [1.165, 1.54) is 0 Å². The number of hydrogen-bond acceptors (Lipinski definition) is 5. The van der Waals surface area contributed by atoms with Crippen molar-refractivity contribution in [3.05, 3.63) is 59.1 Å². The predicted octanol–water partition coefficient (Wildman–Crippen LogP) is 2.61. The fourth-order valence-corrected chi connectivity index (χ4v) is 3.29. The first-order valence-corrected chi connectivity index (χ1v) is 9.13. The smallest absolute Gasteiger partial charge is 0.346 e. The average molecular weight is 419 g/mol. The number of imidazole rings is 1. The van der Waals surface area contributed by atoms with Crippen molar-refractivity contribution in [2.24, 2.45) is 0 Å². The average Bonchev–Trinajstić information content (AvgIpc) is 3.00. The summed E-state index contributed by atoms with van der Waals surface area (Å²) < 4.78 is 63.2. The van der Waals surface area contributed by atoms with Crippen LogP contribution in [0.5, 0.6) is 0 Å². The molecule has 12 heteroatoms. The van der Waals surface area contributed by atoms with E-state index in [1.807, 2.05) is 0 Å². The molecular formula is C15H10ClF3N4O3S. The van der Waals surface area contributed by atoms with E-state index in [0.717, 1.165) is 18.3 Å². The summed E-state index contributed by atoms with van der Waals surface area (Å²) in [4.78, 5) is 19.7. The standard InChI is InChI=1S/C15H10ClF3N4O3S/c16-9-3-4-12-22-10(8-23(12)7-9)6-21-13(24)11-2-1-5-20-14(11)27(25,26)15(17,18)19/h1-5,7-8H,6H2,(H,21,24). The van der Waals surface area contributed by atoms with E-state index in [2.05, 4.69) is 15.3 Å². The molecule has 0 radical (unpaired) electrons. The molecule has 3 heterocycles. The maximum absolute atomic E-state index is 12.8. The minimum atomic E-state index is -5.77. The Morgan fingerprint density at radius 2 is 1.96 bits per heavy atom. The van der Waals surface area contributed by atoms with Crippen LogP contribution in [0.25, 0.3) is 5.65 Å². The third-order valence-electron chi connectivity index (χ3n) is 3.47. The number of aromatic nitrogens is 3. The summed E-state index contributed by atoms with van der Waals surface area (Å²) in [5, 5.41) is 1.45. The maximum atomic E-state index is 12.8. The Balaban J connectivity index is 1.84. The van der Waals surface area contributed by atoms with Crippen molar-refractivity contribution < 1.29 is 26.4 Å². The van der Waals surface area contributed by atoms with Gasteiger partial charge in [0.25, 0.3) is 15.7 Å². The normalized spacial score (nSPS) is 12.3. The molecule has 3 aromatic heterocycles. The summed E-state index contributed by atoms with van der Waals surface area (Å²) >= 11 is 5.86. The van der Waals surface area contributed by atoms with Gasteiger partial charge in [0, 0.05) is 18.6 Å². The van der Waals surface area contributed by atoms with Crippen molar-refractivity contribution in [1.82, 2.24) is 19.7 Å².